The number of hydrogen-bond acceptors (Lipinski definition) is 2. The Morgan fingerprint density at radius 2 is 2.05 bits per heavy atom. The van der Waals surface area contributed by atoms with Crippen LogP contribution in [0, 0.1) is 0 Å². The fraction of sp³-hybridized carbons (Fsp3) is 0.200. The van der Waals surface area contributed by atoms with Crippen LogP contribution >= 0.6 is 27.3 Å². The predicted molar refractivity (Wildman–Crippen MR) is 85.8 cm³/mol. The Kier molecular flexibility index (Phi) is 3.73. The Hall–Kier alpha value is -1.10. The summed E-state index contributed by atoms with van der Waals surface area (Å²) in [6.45, 7) is 1.84. The second kappa shape index (κ2) is 5.49. The molecule has 1 N–H and O–H groups in total. The highest BCUT2D eigenvalue weighted by molar-refractivity contribution is 9.11. The summed E-state index contributed by atoms with van der Waals surface area (Å²) >= 11 is 5.32. The Morgan fingerprint density at radius 3 is 2.79 bits per heavy atom. The molecule has 98 valence electrons. The lowest BCUT2D eigenvalue weighted by atomic mass is 10.2. The van der Waals surface area contributed by atoms with Gasteiger partial charge in [-0.15, -0.1) is 11.3 Å². The van der Waals surface area contributed by atoms with Gasteiger partial charge in [0.25, 0.3) is 0 Å². The lowest BCUT2D eigenvalue weighted by Gasteiger charge is -2.02. The molecule has 0 bridgehead atoms. The first-order valence-corrected chi connectivity index (χ1v) is 7.84. The molecule has 0 atom stereocenters. The Balaban J connectivity index is 2.03. The number of rotatable bonds is 4. The molecule has 3 rings (SSSR count). The second-order valence-electron chi connectivity index (χ2n) is 4.54. The molecule has 19 heavy (non-hydrogen) atoms. The molecule has 0 radical (unpaired) electrons. The lowest BCUT2D eigenvalue weighted by molar-refractivity contribution is 0.800. The summed E-state index contributed by atoms with van der Waals surface area (Å²) in [6.07, 6.45) is 2.26. The SMILES string of the molecule is CNCc1cn(Cc2ccc(Br)s2)c2ccccc12. The predicted octanol–water partition coefficient (Wildman–Crippen LogP) is 4.23. The van der Waals surface area contributed by atoms with E-state index in [1.54, 1.807) is 11.3 Å². The molecule has 3 aromatic rings. The average Bonchev–Trinajstić information content (AvgIpc) is 2.97. The third kappa shape index (κ3) is 2.61. The van der Waals surface area contributed by atoms with Gasteiger partial charge >= 0.3 is 0 Å². The number of aromatic nitrogens is 1. The van der Waals surface area contributed by atoms with Crippen LogP contribution in [-0.2, 0) is 13.1 Å². The molecule has 0 spiro atoms. The maximum atomic E-state index is 3.52. The van der Waals surface area contributed by atoms with E-state index in [1.165, 1.54) is 25.1 Å². The van der Waals surface area contributed by atoms with Crippen LogP contribution in [0.15, 0.2) is 46.4 Å². The van der Waals surface area contributed by atoms with Gasteiger partial charge in [0.05, 0.1) is 10.3 Å². The van der Waals surface area contributed by atoms with Crippen LogP contribution in [-0.4, -0.2) is 11.6 Å². The van der Waals surface area contributed by atoms with Crippen molar-refractivity contribution >= 4 is 38.2 Å². The largest absolute Gasteiger partial charge is 0.342 e. The van der Waals surface area contributed by atoms with Gasteiger partial charge in [-0.3, -0.25) is 0 Å². The van der Waals surface area contributed by atoms with E-state index in [0.717, 1.165) is 13.1 Å². The van der Waals surface area contributed by atoms with Crippen molar-refractivity contribution < 1.29 is 0 Å². The summed E-state index contributed by atoms with van der Waals surface area (Å²) in [5.41, 5.74) is 2.66. The minimum absolute atomic E-state index is 0.904. The Labute approximate surface area is 125 Å². The zero-order valence-corrected chi connectivity index (χ0v) is 13.1. The highest BCUT2D eigenvalue weighted by atomic mass is 79.9. The first-order valence-electron chi connectivity index (χ1n) is 6.23. The molecule has 2 heterocycles. The van der Waals surface area contributed by atoms with Crippen LogP contribution in [0.25, 0.3) is 10.9 Å². The summed E-state index contributed by atoms with van der Waals surface area (Å²) in [5.74, 6) is 0. The molecule has 0 amide bonds. The van der Waals surface area contributed by atoms with E-state index >= 15 is 0 Å². The first kappa shape index (κ1) is 12.9. The van der Waals surface area contributed by atoms with Crippen LogP contribution < -0.4 is 5.32 Å². The van der Waals surface area contributed by atoms with Gasteiger partial charge in [-0.1, -0.05) is 18.2 Å². The highest BCUT2D eigenvalue weighted by Gasteiger charge is 2.08. The summed E-state index contributed by atoms with van der Waals surface area (Å²) in [5, 5.41) is 4.58. The van der Waals surface area contributed by atoms with Crippen LogP contribution in [0.2, 0.25) is 0 Å². The summed E-state index contributed by atoms with van der Waals surface area (Å²) in [7, 11) is 1.99. The van der Waals surface area contributed by atoms with Crippen molar-refractivity contribution in [1.82, 2.24) is 9.88 Å². The smallest absolute Gasteiger partial charge is 0.0702 e. The first-order chi connectivity index (χ1) is 9.28. The van der Waals surface area contributed by atoms with E-state index in [1.807, 2.05) is 7.05 Å². The van der Waals surface area contributed by atoms with Gasteiger partial charge in [-0.2, -0.15) is 0 Å². The summed E-state index contributed by atoms with van der Waals surface area (Å²) in [4.78, 5) is 1.36. The topological polar surface area (TPSA) is 17.0 Å². The molecule has 4 heteroatoms. The molecule has 0 saturated carbocycles. The van der Waals surface area contributed by atoms with E-state index in [2.05, 4.69) is 68.4 Å². The molecule has 0 unspecified atom stereocenters. The second-order valence-corrected chi connectivity index (χ2v) is 7.08. The molecule has 1 aromatic carbocycles. The minimum Gasteiger partial charge on any atom is -0.342 e. The van der Waals surface area contributed by atoms with Crippen molar-refractivity contribution in [3.63, 3.8) is 0 Å². The van der Waals surface area contributed by atoms with Crippen molar-refractivity contribution in [1.29, 1.82) is 0 Å². The molecule has 0 aliphatic rings. The maximum Gasteiger partial charge on any atom is 0.0702 e. The van der Waals surface area contributed by atoms with Crippen molar-refractivity contribution in [3.8, 4) is 0 Å². The zero-order valence-electron chi connectivity index (χ0n) is 10.7. The third-order valence-corrected chi connectivity index (χ3v) is 4.80. The molecule has 0 saturated heterocycles. The number of hydrogen-bond donors (Lipinski definition) is 1. The lowest BCUT2D eigenvalue weighted by Crippen LogP contribution is -2.04. The molecular weight excluding hydrogens is 320 g/mol. The minimum atomic E-state index is 0.904. The molecule has 0 aliphatic carbocycles. The van der Waals surface area contributed by atoms with Gasteiger partial charge in [0.1, 0.15) is 0 Å². The number of nitrogens with one attached hydrogen (secondary N) is 1. The summed E-state index contributed by atoms with van der Waals surface area (Å²) < 4.78 is 3.52. The van der Waals surface area contributed by atoms with E-state index in [0.29, 0.717) is 0 Å². The van der Waals surface area contributed by atoms with Crippen LogP contribution in [0.3, 0.4) is 0 Å². The van der Waals surface area contributed by atoms with E-state index in [9.17, 15) is 0 Å². The van der Waals surface area contributed by atoms with E-state index < -0.39 is 0 Å². The fourth-order valence-electron chi connectivity index (χ4n) is 2.39. The maximum absolute atomic E-state index is 3.52. The third-order valence-electron chi connectivity index (χ3n) is 3.19. The average molecular weight is 335 g/mol. The fourth-order valence-corrected chi connectivity index (χ4v) is 3.87. The van der Waals surface area contributed by atoms with Crippen molar-refractivity contribution in [3.05, 3.63) is 56.8 Å². The molecular formula is C15H15BrN2S. The molecule has 0 aliphatic heterocycles. The zero-order chi connectivity index (χ0) is 13.2. The number of halogens is 1. The van der Waals surface area contributed by atoms with Gasteiger partial charge in [-0.05, 0) is 46.7 Å². The number of fused-ring (bicyclic) bond motifs is 1. The molecule has 2 nitrogen and oxygen atoms in total. The van der Waals surface area contributed by atoms with E-state index in [-0.39, 0.29) is 0 Å². The monoisotopic (exact) mass is 334 g/mol. The van der Waals surface area contributed by atoms with Gasteiger partial charge < -0.3 is 9.88 Å². The number of para-hydroxylation sites is 1. The van der Waals surface area contributed by atoms with Crippen molar-refractivity contribution in [2.75, 3.05) is 7.05 Å². The van der Waals surface area contributed by atoms with Crippen molar-refractivity contribution in [2.45, 2.75) is 13.1 Å². The van der Waals surface area contributed by atoms with Crippen LogP contribution in [0.1, 0.15) is 10.4 Å². The molecule has 2 aromatic heterocycles. The van der Waals surface area contributed by atoms with Crippen molar-refractivity contribution in [2.24, 2.45) is 0 Å². The standard InChI is InChI=1S/C15H15BrN2S/c1-17-8-11-9-18(10-12-6-7-15(16)19-12)14-5-3-2-4-13(11)14/h2-7,9,17H,8,10H2,1H3. The Bertz CT molecular complexity index is 699. The van der Waals surface area contributed by atoms with Gasteiger partial charge in [0.2, 0.25) is 0 Å². The van der Waals surface area contributed by atoms with Gasteiger partial charge in [0, 0.05) is 28.5 Å². The van der Waals surface area contributed by atoms with E-state index in [4.69, 9.17) is 0 Å². The van der Waals surface area contributed by atoms with Gasteiger partial charge in [0.15, 0.2) is 0 Å². The molecule has 0 fully saturated rings. The van der Waals surface area contributed by atoms with Crippen LogP contribution in [0.4, 0.5) is 0 Å². The number of thiophene rings is 1. The normalized spacial score (nSPS) is 11.3. The number of benzene rings is 1. The number of nitrogens with zero attached hydrogens (tertiary/aromatic N) is 1. The quantitative estimate of drug-likeness (QED) is 0.755. The summed E-state index contributed by atoms with van der Waals surface area (Å²) in [6, 6.07) is 12.9. The Morgan fingerprint density at radius 1 is 1.21 bits per heavy atom. The van der Waals surface area contributed by atoms with Crippen LogP contribution in [0.5, 0.6) is 0 Å². The highest BCUT2D eigenvalue weighted by Crippen LogP contribution is 2.26. The van der Waals surface area contributed by atoms with Gasteiger partial charge in [-0.25, -0.2) is 0 Å².